The third kappa shape index (κ3) is 2.12. The average Bonchev–Trinajstić information content (AvgIpc) is 2.46. The van der Waals surface area contributed by atoms with Crippen LogP contribution >= 0.6 is 15.9 Å². The standard InChI is InChI=1S/C14H9BrN4O3/c15-8-4-2-1-3-6(8)9-7(5-16)11(17)22-13-10(9)12(20)18-14(21)19-13/h1-4,9H,17H2,(H2,18,19,20,21)/t9-/m1/s1. The number of nitrogens with one attached hydrogen (secondary N) is 2. The number of nitriles is 1. The highest BCUT2D eigenvalue weighted by Crippen LogP contribution is 2.40. The first kappa shape index (κ1) is 14.2. The van der Waals surface area contributed by atoms with E-state index in [0.29, 0.717) is 10.0 Å². The number of aromatic amines is 2. The Morgan fingerprint density at radius 1 is 1.27 bits per heavy atom. The molecule has 0 fully saturated rings. The summed E-state index contributed by atoms with van der Waals surface area (Å²) in [5, 5.41) is 9.39. The maximum atomic E-state index is 12.2. The molecule has 1 aromatic heterocycles. The van der Waals surface area contributed by atoms with Crippen LogP contribution in [0.2, 0.25) is 0 Å². The van der Waals surface area contributed by atoms with Crippen LogP contribution in [0, 0.1) is 11.3 Å². The van der Waals surface area contributed by atoms with Gasteiger partial charge in [-0.2, -0.15) is 5.26 Å². The molecule has 2 heterocycles. The van der Waals surface area contributed by atoms with Crippen molar-refractivity contribution >= 4 is 15.9 Å². The summed E-state index contributed by atoms with van der Waals surface area (Å²) in [6, 6.07) is 9.11. The van der Waals surface area contributed by atoms with E-state index in [1.807, 2.05) is 12.1 Å². The van der Waals surface area contributed by atoms with Gasteiger partial charge in [0.2, 0.25) is 11.8 Å². The summed E-state index contributed by atoms with van der Waals surface area (Å²) in [4.78, 5) is 28.1. The van der Waals surface area contributed by atoms with Crippen LogP contribution in [-0.4, -0.2) is 9.97 Å². The second-order valence-corrected chi connectivity index (χ2v) is 5.45. The molecule has 1 aliphatic rings. The first-order valence-electron chi connectivity index (χ1n) is 6.21. The summed E-state index contributed by atoms with van der Waals surface area (Å²) >= 11 is 3.40. The van der Waals surface area contributed by atoms with E-state index in [1.54, 1.807) is 18.2 Å². The molecule has 110 valence electrons. The molecule has 0 saturated carbocycles. The summed E-state index contributed by atoms with van der Waals surface area (Å²) in [5.74, 6) is -0.923. The van der Waals surface area contributed by atoms with E-state index < -0.39 is 17.2 Å². The molecule has 7 nitrogen and oxygen atoms in total. The number of nitrogens with two attached hydrogens (primary N) is 1. The Bertz CT molecular complexity index is 952. The fourth-order valence-electron chi connectivity index (χ4n) is 2.41. The van der Waals surface area contributed by atoms with Crippen molar-refractivity contribution in [2.75, 3.05) is 0 Å². The zero-order valence-electron chi connectivity index (χ0n) is 11.0. The summed E-state index contributed by atoms with van der Waals surface area (Å²) in [6.45, 7) is 0. The number of hydrogen-bond donors (Lipinski definition) is 3. The SMILES string of the molecule is N#CC1=C(N)Oc2[nH]c(=O)[nH]c(=O)c2[C@@H]1c1ccccc1Br. The second-order valence-electron chi connectivity index (χ2n) is 4.60. The molecule has 0 unspecified atom stereocenters. The second kappa shape index (κ2) is 5.20. The lowest BCUT2D eigenvalue weighted by Gasteiger charge is -2.25. The van der Waals surface area contributed by atoms with E-state index >= 15 is 0 Å². The van der Waals surface area contributed by atoms with E-state index in [1.165, 1.54) is 0 Å². The van der Waals surface area contributed by atoms with Crippen LogP contribution in [-0.2, 0) is 0 Å². The normalized spacial score (nSPS) is 16.6. The van der Waals surface area contributed by atoms with Crippen LogP contribution in [0.1, 0.15) is 17.0 Å². The van der Waals surface area contributed by atoms with Crippen molar-refractivity contribution in [2.45, 2.75) is 5.92 Å². The smallest absolute Gasteiger partial charge is 0.328 e. The zero-order chi connectivity index (χ0) is 15.9. The maximum absolute atomic E-state index is 12.2. The number of fused-ring (bicyclic) bond motifs is 1. The highest BCUT2D eigenvalue weighted by molar-refractivity contribution is 9.10. The molecule has 1 atom stereocenters. The van der Waals surface area contributed by atoms with Crippen LogP contribution < -0.4 is 21.7 Å². The van der Waals surface area contributed by atoms with Gasteiger partial charge in [-0.1, -0.05) is 34.1 Å². The molecule has 8 heteroatoms. The third-order valence-corrected chi connectivity index (χ3v) is 4.06. The van der Waals surface area contributed by atoms with Gasteiger partial charge in [0.1, 0.15) is 11.6 Å². The molecule has 0 spiro atoms. The Hall–Kier alpha value is -2.79. The van der Waals surface area contributed by atoms with E-state index in [-0.39, 0.29) is 22.9 Å². The van der Waals surface area contributed by atoms with Crippen LogP contribution in [0.4, 0.5) is 0 Å². The third-order valence-electron chi connectivity index (χ3n) is 3.33. The van der Waals surface area contributed by atoms with Gasteiger partial charge in [0, 0.05) is 4.47 Å². The summed E-state index contributed by atoms with van der Waals surface area (Å²) < 4.78 is 5.94. The minimum Gasteiger partial charge on any atom is -0.424 e. The number of benzene rings is 1. The largest absolute Gasteiger partial charge is 0.424 e. The molecule has 22 heavy (non-hydrogen) atoms. The molecule has 0 saturated heterocycles. The van der Waals surface area contributed by atoms with Crippen molar-refractivity contribution in [3.8, 4) is 11.9 Å². The number of halogens is 1. The number of H-pyrrole nitrogens is 2. The fraction of sp³-hybridized carbons (Fsp3) is 0.0714. The van der Waals surface area contributed by atoms with Crippen molar-refractivity contribution < 1.29 is 4.74 Å². The number of hydrogen-bond acceptors (Lipinski definition) is 5. The lowest BCUT2D eigenvalue weighted by Crippen LogP contribution is -2.33. The monoisotopic (exact) mass is 360 g/mol. The van der Waals surface area contributed by atoms with Crippen molar-refractivity contribution in [1.82, 2.24) is 9.97 Å². The summed E-state index contributed by atoms with van der Waals surface area (Å²) in [7, 11) is 0. The zero-order valence-corrected chi connectivity index (χ0v) is 12.6. The topological polar surface area (TPSA) is 125 Å². The lowest BCUT2D eigenvalue weighted by atomic mass is 9.85. The molecule has 3 rings (SSSR count). The first-order chi connectivity index (χ1) is 10.5. The van der Waals surface area contributed by atoms with Crippen LogP contribution in [0.25, 0.3) is 0 Å². The number of aromatic nitrogens is 2. The van der Waals surface area contributed by atoms with E-state index in [9.17, 15) is 14.9 Å². The molecule has 0 bridgehead atoms. The Kier molecular flexibility index (Phi) is 3.35. The fourth-order valence-corrected chi connectivity index (χ4v) is 2.92. The quantitative estimate of drug-likeness (QED) is 0.700. The van der Waals surface area contributed by atoms with Gasteiger partial charge in [-0.05, 0) is 11.6 Å². The first-order valence-corrected chi connectivity index (χ1v) is 7.00. The predicted molar refractivity (Wildman–Crippen MR) is 81.1 cm³/mol. The van der Waals surface area contributed by atoms with Crippen LogP contribution in [0.15, 0.2) is 49.8 Å². The summed E-state index contributed by atoms with van der Waals surface area (Å²) in [6.07, 6.45) is 0. The van der Waals surface area contributed by atoms with Gasteiger partial charge in [0.25, 0.3) is 5.56 Å². The molecular formula is C14H9BrN4O3. The Morgan fingerprint density at radius 3 is 2.68 bits per heavy atom. The van der Waals surface area contributed by atoms with Gasteiger partial charge >= 0.3 is 5.69 Å². The van der Waals surface area contributed by atoms with Crippen molar-refractivity contribution in [2.24, 2.45) is 5.73 Å². The number of nitrogens with zero attached hydrogens (tertiary/aromatic N) is 1. The molecule has 1 aromatic carbocycles. The highest BCUT2D eigenvalue weighted by atomic mass is 79.9. The van der Waals surface area contributed by atoms with Crippen molar-refractivity contribution in [1.29, 1.82) is 5.26 Å². The lowest BCUT2D eigenvalue weighted by molar-refractivity contribution is 0.373. The van der Waals surface area contributed by atoms with Gasteiger partial charge < -0.3 is 10.5 Å². The van der Waals surface area contributed by atoms with Crippen LogP contribution in [0.3, 0.4) is 0 Å². The molecule has 4 N–H and O–H groups in total. The van der Waals surface area contributed by atoms with E-state index in [4.69, 9.17) is 10.5 Å². The minimum absolute atomic E-state index is 0.0500. The number of allylic oxidation sites excluding steroid dienone is 1. The van der Waals surface area contributed by atoms with Gasteiger partial charge in [-0.25, -0.2) is 4.79 Å². The van der Waals surface area contributed by atoms with Gasteiger partial charge in [0.05, 0.1) is 11.5 Å². The molecule has 0 radical (unpaired) electrons. The molecule has 1 aliphatic heterocycles. The Balaban J connectivity index is 2.38. The molecule has 0 amide bonds. The van der Waals surface area contributed by atoms with E-state index in [2.05, 4.69) is 25.9 Å². The average molecular weight is 361 g/mol. The van der Waals surface area contributed by atoms with E-state index in [0.717, 1.165) is 0 Å². The Labute approximate surface area is 132 Å². The number of rotatable bonds is 1. The van der Waals surface area contributed by atoms with Crippen LogP contribution in [0.5, 0.6) is 5.88 Å². The van der Waals surface area contributed by atoms with Crippen molar-refractivity contribution in [3.63, 3.8) is 0 Å². The molecule has 2 aromatic rings. The van der Waals surface area contributed by atoms with Gasteiger partial charge in [-0.3, -0.25) is 14.8 Å². The minimum atomic E-state index is -0.732. The predicted octanol–water partition coefficient (Wildman–Crippen LogP) is 1.04. The Morgan fingerprint density at radius 2 is 2.00 bits per heavy atom. The molecule has 0 aliphatic carbocycles. The maximum Gasteiger partial charge on any atom is 0.328 e. The molecular weight excluding hydrogens is 352 g/mol. The van der Waals surface area contributed by atoms with Gasteiger partial charge in [-0.15, -0.1) is 0 Å². The summed E-state index contributed by atoms with van der Waals surface area (Å²) in [5.41, 5.74) is 5.35. The number of ether oxygens (including phenoxy) is 1. The van der Waals surface area contributed by atoms with Crippen molar-refractivity contribution in [3.05, 3.63) is 72.2 Å². The van der Waals surface area contributed by atoms with Gasteiger partial charge in [0.15, 0.2) is 0 Å². The highest BCUT2D eigenvalue weighted by Gasteiger charge is 2.34.